The van der Waals surface area contributed by atoms with Crippen molar-refractivity contribution < 1.29 is 23.8 Å². The third kappa shape index (κ3) is 7.70. The van der Waals surface area contributed by atoms with E-state index in [4.69, 9.17) is 14.2 Å². The second-order valence-corrected chi connectivity index (χ2v) is 7.91. The predicted octanol–water partition coefficient (Wildman–Crippen LogP) is 3.98. The SMILES string of the molecule is CCCCCNC(=O)[C@@H](C)N(Cc1ccc(OC)cc1)C(=O)Cc1ccc(OC)c(OC)c1. The molecule has 33 heavy (non-hydrogen) atoms. The van der Waals surface area contributed by atoms with Gasteiger partial charge in [-0.25, -0.2) is 0 Å². The second-order valence-electron chi connectivity index (χ2n) is 7.91. The average molecular weight is 457 g/mol. The number of methoxy groups -OCH3 is 3. The summed E-state index contributed by atoms with van der Waals surface area (Å²) in [7, 11) is 4.74. The van der Waals surface area contributed by atoms with E-state index in [9.17, 15) is 9.59 Å². The van der Waals surface area contributed by atoms with E-state index in [1.165, 1.54) is 0 Å². The third-order valence-electron chi connectivity index (χ3n) is 5.56. The Bertz CT molecular complexity index is 898. The van der Waals surface area contributed by atoms with Gasteiger partial charge in [0.05, 0.1) is 27.8 Å². The monoisotopic (exact) mass is 456 g/mol. The van der Waals surface area contributed by atoms with E-state index >= 15 is 0 Å². The quantitative estimate of drug-likeness (QED) is 0.462. The largest absolute Gasteiger partial charge is 0.497 e. The zero-order valence-corrected chi connectivity index (χ0v) is 20.3. The Morgan fingerprint density at radius 3 is 2.18 bits per heavy atom. The van der Waals surface area contributed by atoms with Gasteiger partial charge in [0, 0.05) is 13.1 Å². The van der Waals surface area contributed by atoms with Crippen molar-refractivity contribution in [2.75, 3.05) is 27.9 Å². The first kappa shape index (κ1) is 26.0. The molecule has 1 atom stereocenters. The zero-order valence-electron chi connectivity index (χ0n) is 20.3. The van der Waals surface area contributed by atoms with Crippen LogP contribution in [-0.4, -0.2) is 50.6 Å². The van der Waals surface area contributed by atoms with Crippen molar-refractivity contribution >= 4 is 11.8 Å². The highest BCUT2D eigenvalue weighted by molar-refractivity contribution is 5.88. The predicted molar refractivity (Wildman–Crippen MR) is 129 cm³/mol. The van der Waals surface area contributed by atoms with Crippen LogP contribution in [0.3, 0.4) is 0 Å². The molecule has 0 aliphatic carbocycles. The molecular weight excluding hydrogens is 420 g/mol. The van der Waals surface area contributed by atoms with Crippen molar-refractivity contribution in [1.29, 1.82) is 0 Å². The fourth-order valence-corrected chi connectivity index (χ4v) is 3.51. The van der Waals surface area contributed by atoms with Gasteiger partial charge < -0.3 is 24.4 Å². The van der Waals surface area contributed by atoms with Crippen LogP contribution in [0.5, 0.6) is 17.2 Å². The number of hydrogen-bond donors (Lipinski definition) is 1. The number of nitrogens with zero attached hydrogens (tertiary/aromatic N) is 1. The van der Waals surface area contributed by atoms with Gasteiger partial charge in [0.2, 0.25) is 11.8 Å². The van der Waals surface area contributed by atoms with Crippen molar-refractivity contribution in [2.24, 2.45) is 0 Å². The molecular formula is C26H36N2O5. The van der Waals surface area contributed by atoms with Crippen LogP contribution in [-0.2, 0) is 22.6 Å². The summed E-state index contributed by atoms with van der Waals surface area (Å²) < 4.78 is 15.9. The fraction of sp³-hybridized carbons (Fsp3) is 0.462. The Kier molecular flexibility index (Phi) is 10.5. The molecule has 7 heteroatoms. The van der Waals surface area contributed by atoms with Gasteiger partial charge in [-0.2, -0.15) is 0 Å². The van der Waals surface area contributed by atoms with Crippen LogP contribution in [0.1, 0.15) is 44.2 Å². The summed E-state index contributed by atoms with van der Waals surface area (Å²) in [6, 6.07) is 12.3. The molecule has 0 saturated heterocycles. The molecule has 7 nitrogen and oxygen atoms in total. The van der Waals surface area contributed by atoms with Gasteiger partial charge in [0.15, 0.2) is 11.5 Å². The molecule has 0 radical (unpaired) electrons. The van der Waals surface area contributed by atoms with Crippen LogP contribution in [0, 0.1) is 0 Å². The topological polar surface area (TPSA) is 77.1 Å². The minimum absolute atomic E-state index is 0.143. The molecule has 0 heterocycles. The molecule has 180 valence electrons. The Labute approximate surface area is 197 Å². The minimum atomic E-state index is -0.610. The van der Waals surface area contributed by atoms with Gasteiger partial charge in [-0.15, -0.1) is 0 Å². The first-order chi connectivity index (χ1) is 15.9. The number of benzene rings is 2. The van der Waals surface area contributed by atoms with E-state index in [0.717, 1.165) is 36.1 Å². The van der Waals surface area contributed by atoms with E-state index in [-0.39, 0.29) is 18.2 Å². The Morgan fingerprint density at radius 1 is 0.909 bits per heavy atom. The lowest BCUT2D eigenvalue weighted by Gasteiger charge is -2.29. The molecule has 1 N–H and O–H groups in total. The lowest BCUT2D eigenvalue weighted by Crippen LogP contribution is -2.48. The molecule has 2 rings (SSSR count). The number of carbonyl (C=O) groups is 2. The Hall–Kier alpha value is -3.22. The Morgan fingerprint density at radius 2 is 1.58 bits per heavy atom. The van der Waals surface area contributed by atoms with E-state index < -0.39 is 6.04 Å². The molecule has 0 unspecified atom stereocenters. The lowest BCUT2D eigenvalue weighted by molar-refractivity contribution is -0.140. The van der Waals surface area contributed by atoms with E-state index in [2.05, 4.69) is 12.2 Å². The van der Waals surface area contributed by atoms with Crippen molar-refractivity contribution in [1.82, 2.24) is 10.2 Å². The third-order valence-corrected chi connectivity index (χ3v) is 5.56. The van der Waals surface area contributed by atoms with Crippen molar-refractivity contribution in [2.45, 2.75) is 52.1 Å². The molecule has 2 aromatic carbocycles. The number of carbonyl (C=O) groups excluding carboxylic acids is 2. The lowest BCUT2D eigenvalue weighted by atomic mass is 10.1. The zero-order chi connectivity index (χ0) is 24.2. The van der Waals surface area contributed by atoms with Crippen molar-refractivity contribution in [3.8, 4) is 17.2 Å². The molecule has 2 amide bonds. The number of amides is 2. The van der Waals surface area contributed by atoms with Crippen LogP contribution < -0.4 is 19.5 Å². The highest BCUT2D eigenvalue weighted by atomic mass is 16.5. The highest BCUT2D eigenvalue weighted by Gasteiger charge is 2.26. The molecule has 0 bridgehead atoms. The summed E-state index contributed by atoms with van der Waals surface area (Å²) in [4.78, 5) is 27.8. The maximum absolute atomic E-state index is 13.4. The summed E-state index contributed by atoms with van der Waals surface area (Å²) in [6.07, 6.45) is 3.21. The molecule has 0 aliphatic heterocycles. The van der Waals surface area contributed by atoms with E-state index in [0.29, 0.717) is 24.6 Å². The van der Waals surface area contributed by atoms with Crippen LogP contribution in [0.4, 0.5) is 0 Å². The van der Waals surface area contributed by atoms with Gasteiger partial charge >= 0.3 is 0 Å². The standard InChI is InChI=1S/C26H36N2O5/c1-6-7-8-15-27-26(30)19(2)28(18-20-9-12-22(31-3)13-10-20)25(29)17-21-11-14-23(32-4)24(16-21)33-5/h9-14,16,19H,6-8,15,17-18H2,1-5H3,(H,27,30)/t19-/m1/s1. The maximum Gasteiger partial charge on any atom is 0.242 e. The van der Waals surface area contributed by atoms with Crippen molar-refractivity contribution in [3.05, 3.63) is 53.6 Å². The molecule has 0 aliphatic rings. The highest BCUT2D eigenvalue weighted by Crippen LogP contribution is 2.28. The molecule has 0 spiro atoms. The van der Waals surface area contributed by atoms with Gasteiger partial charge in [-0.1, -0.05) is 38.0 Å². The second kappa shape index (κ2) is 13.4. The van der Waals surface area contributed by atoms with Crippen LogP contribution >= 0.6 is 0 Å². The molecule has 0 fully saturated rings. The number of rotatable bonds is 13. The molecule has 0 saturated carbocycles. The van der Waals surface area contributed by atoms with E-state index in [1.54, 1.807) is 45.3 Å². The Balaban J connectivity index is 2.20. The van der Waals surface area contributed by atoms with Gasteiger partial charge in [0.1, 0.15) is 11.8 Å². The van der Waals surface area contributed by atoms with Crippen LogP contribution in [0.25, 0.3) is 0 Å². The number of ether oxygens (including phenoxy) is 3. The number of nitrogens with one attached hydrogen (secondary N) is 1. The number of hydrogen-bond acceptors (Lipinski definition) is 5. The smallest absolute Gasteiger partial charge is 0.242 e. The summed E-state index contributed by atoms with van der Waals surface area (Å²) >= 11 is 0. The summed E-state index contributed by atoms with van der Waals surface area (Å²) in [5.74, 6) is 1.60. The van der Waals surface area contributed by atoms with Gasteiger partial charge in [0.25, 0.3) is 0 Å². The summed E-state index contributed by atoms with van der Waals surface area (Å²) in [5.41, 5.74) is 1.70. The molecule has 2 aromatic rings. The first-order valence-corrected chi connectivity index (χ1v) is 11.3. The minimum Gasteiger partial charge on any atom is -0.497 e. The van der Waals surface area contributed by atoms with Gasteiger partial charge in [-0.3, -0.25) is 9.59 Å². The van der Waals surface area contributed by atoms with Crippen molar-refractivity contribution in [3.63, 3.8) is 0 Å². The maximum atomic E-state index is 13.4. The fourth-order valence-electron chi connectivity index (χ4n) is 3.51. The first-order valence-electron chi connectivity index (χ1n) is 11.3. The van der Waals surface area contributed by atoms with Gasteiger partial charge in [-0.05, 0) is 48.7 Å². The normalized spacial score (nSPS) is 11.4. The van der Waals surface area contributed by atoms with Crippen LogP contribution in [0.15, 0.2) is 42.5 Å². The van der Waals surface area contributed by atoms with E-state index in [1.807, 2.05) is 30.3 Å². The summed E-state index contributed by atoms with van der Waals surface area (Å²) in [6.45, 7) is 4.82. The molecule has 0 aromatic heterocycles. The van der Waals surface area contributed by atoms with Crippen LogP contribution in [0.2, 0.25) is 0 Å². The average Bonchev–Trinajstić information content (AvgIpc) is 2.84. The number of unbranched alkanes of at least 4 members (excludes halogenated alkanes) is 2. The summed E-state index contributed by atoms with van der Waals surface area (Å²) in [5, 5.41) is 2.96.